The Morgan fingerprint density at radius 1 is 1.71 bits per heavy atom. The zero-order chi connectivity index (χ0) is 10.6. The number of carbonyl (C=O) groups excluding carboxylic acids is 1. The average molecular weight is 198 g/mol. The minimum atomic E-state index is -0.567. The van der Waals surface area contributed by atoms with Crippen LogP contribution < -0.4 is 11.1 Å². The Morgan fingerprint density at radius 2 is 2.43 bits per heavy atom. The van der Waals surface area contributed by atoms with Crippen LogP contribution in [0.4, 0.5) is 0 Å². The molecule has 0 spiro atoms. The van der Waals surface area contributed by atoms with Gasteiger partial charge in [0, 0.05) is 6.54 Å². The number of amides is 1. The molecule has 0 unspecified atom stereocenters. The van der Waals surface area contributed by atoms with Crippen molar-refractivity contribution < 1.29 is 14.3 Å². The number of hydrogen-bond acceptors (Lipinski definition) is 4. The maximum atomic E-state index is 11.3. The molecular weight excluding hydrogens is 184 g/mol. The monoisotopic (exact) mass is 198 g/mol. The highest BCUT2D eigenvalue weighted by atomic mass is 16.4. The van der Waals surface area contributed by atoms with Gasteiger partial charge < -0.3 is 20.6 Å². The molecule has 0 aliphatic heterocycles. The van der Waals surface area contributed by atoms with E-state index in [1.165, 1.54) is 0 Å². The molecular formula is C9H14N2O3. The zero-order valence-corrected chi connectivity index (χ0v) is 7.99. The van der Waals surface area contributed by atoms with Crippen molar-refractivity contribution in [2.75, 3.05) is 6.54 Å². The molecule has 0 radical (unpaired) electrons. The Morgan fingerprint density at radius 3 is 2.93 bits per heavy atom. The molecule has 5 heteroatoms. The molecule has 0 aliphatic rings. The van der Waals surface area contributed by atoms with Crippen LogP contribution in [0.1, 0.15) is 23.2 Å². The van der Waals surface area contributed by atoms with Crippen LogP contribution in [0.5, 0.6) is 0 Å². The zero-order valence-electron chi connectivity index (χ0n) is 7.99. The number of hydrogen-bond donors (Lipinski definition) is 3. The quantitative estimate of drug-likeness (QED) is 0.627. The largest absolute Gasteiger partial charge is 0.455 e. The van der Waals surface area contributed by atoms with E-state index in [1.807, 2.05) is 0 Å². The molecule has 0 fully saturated rings. The van der Waals surface area contributed by atoms with E-state index in [0.717, 1.165) is 0 Å². The Labute approximate surface area is 81.9 Å². The third-order valence-corrected chi connectivity index (χ3v) is 1.64. The van der Waals surface area contributed by atoms with Crippen molar-refractivity contribution in [3.05, 3.63) is 23.7 Å². The highest BCUT2D eigenvalue weighted by molar-refractivity contribution is 5.91. The van der Waals surface area contributed by atoms with Crippen molar-refractivity contribution in [2.45, 2.75) is 19.6 Å². The Kier molecular flexibility index (Phi) is 3.67. The van der Waals surface area contributed by atoms with Gasteiger partial charge in [0.05, 0.1) is 12.6 Å². The van der Waals surface area contributed by atoms with E-state index in [4.69, 9.17) is 15.3 Å². The molecule has 14 heavy (non-hydrogen) atoms. The molecule has 0 saturated heterocycles. The Hall–Kier alpha value is -1.33. The second-order valence-electron chi connectivity index (χ2n) is 3.03. The molecule has 1 heterocycles. The Bertz CT molecular complexity index is 307. The summed E-state index contributed by atoms with van der Waals surface area (Å²) in [5.41, 5.74) is 5.32. The third kappa shape index (κ3) is 2.86. The second-order valence-corrected chi connectivity index (χ2v) is 3.03. The summed E-state index contributed by atoms with van der Waals surface area (Å²) < 4.78 is 5.11. The molecule has 4 N–H and O–H groups in total. The molecule has 0 aromatic carbocycles. The summed E-state index contributed by atoms with van der Waals surface area (Å²) in [6.45, 7) is 2.06. The summed E-state index contributed by atoms with van der Waals surface area (Å²) in [6.07, 6.45) is -0.567. The fourth-order valence-corrected chi connectivity index (χ4v) is 0.937. The third-order valence-electron chi connectivity index (χ3n) is 1.64. The van der Waals surface area contributed by atoms with Crippen LogP contribution in [0.2, 0.25) is 0 Å². The fraction of sp³-hybridized carbons (Fsp3) is 0.444. The molecule has 1 rings (SSSR count). The topological polar surface area (TPSA) is 88.5 Å². The minimum Gasteiger partial charge on any atom is -0.455 e. The van der Waals surface area contributed by atoms with Gasteiger partial charge in [-0.25, -0.2) is 0 Å². The van der Waals surface area contributed by atoms with Gasteiger partial charge in [0.15, 0.2) is 5.76 Å². The Balaban J connectivity index is 2.52. The molecule has 1 atom stereocenters. The number of furan rings is 1. The highest BCUT2D eigenvalue weighted by Gasteiger charge is 2.10. The summed E-state index contributed by atoms with van der Waals surface area (Å²) in [4.78, 5) is 11.3. The minimum absolute atomic E-state index is 0.206. The van der Waals surface area contributed by atoms with Crippen molar-refractivity contribution in [1.29, 1.82) is 0 Å². The summed E-state index contributed by atoms with van der Waals surface area (Å²) in [7, 11) is 0. The lowest BCUT2D eigenvalue weighted by Gasteiger charge is -2.04. The van der Waals surface area contributed by atoms with Crippen molar-refractivity contribution in [2.24, 2.45) is 5.73 Å². The lowest BCUT2D eigenvalue weighted by molar-refractivity contribution is 0.0895. The predicted octanol–water partition coefficient (Wildman–Crippen LogP) is -0.151. The van der Waals surface area contributed by atoms with Gasteiger partial charge in [-0.3, -0.25) is 4.79 Å². The lowest BCUT2D eigenvalue weighted by Crippen LogP contribution is -2.30. The fourth-order valence-electron chi connectivity index (χ4n) is 0.937. The predicted molar refractivity (Wildman–Crippen MR) is 50.6 cm³/mol. The maximum Gasteiger partial charge on any atom is 0.287 e. The first kappa shape index (κ1) is 10.7. The number of aliphatic hydroxyl groups excluding tert-OH is 1. The van der Waals surface area contributed by atoms with Gasteiger partial charge >= 0.3 is 0 Å². The van der Waals surface area contributed by atoms with Gasteiger partial charge in [-0.1, -0.05) is 0 Å². The average Bonchev–Trinajstić information content (AvgIpc) is 2.62. The molecule has 0 bridgehead atoms. The number of rotatable bonds is 4. The van der Waals surface area contributed by atoms with Crippen molar-refractivity contribution in [1.82, 2.24) is 5.32 Å². The van der Waals surface area contributed by atoms with Crippen LogP contribution in [0.15, 0.2) is 16.5 Å². The molecule has 1 amide bonds. The van der Waals surface area contributed by atoms with Crippen molar-refractivity contribution in [3.8, 4) is 0 Å². The van der Waals surface area contributed by atoms with Gasteiger partial charge in [-0.2, -0.15) is 0 Å². The van der Waals surface area contributed by atoms with E-state index in [1.54, 1.807) is 19.1 Å². The number of carbonyl (C=O) groups is 1. The summed E-state index contributed by atoms with van der Waals surface area (Å²) >= 11 is 0. The van der Waals surface area contributed by atoms with Crippen molar-refractivity contribution >= 4 is 5.91 Å². The SMILES string of the molecule is C[C@H](O)CNC(=O)c1ccc(CN)o1. The molecule has 1 aromatic rings. The van der Waals surface area contributed by atoms with Crippen molar-refractivity contribution in [3.63, 3.8) is 0 Å². The molecule has 0 saturated carbocycles. The van der Waals surface area contributed by atoms with E-state index in [-0.39, 0.29) is 24.8 Å². The highest BCUT2D eigenvalue weighted by Crippen LogP contribution is 2.06. The van der Waals surface area contributed by atoms with Crippen LogP contribution in [0.3, 0.4) is 0 Å². The normalized spacial score (nSPS) is 12.5. The second kappa shape index (κ2) is 4.78. The van der Waals surface area contributed by atoms with Crippen LogP contribution >= 0.6 is 0 Å². The summed E-state index contributed by atoms with van der Waals surface area (Å²) in [5.74, 6) is 0.434. The van der Waals surface area contributed by atoms with E-state index >= 15 is 0 Å². The molecule has 1 aromatic heterocycles. The first-order valence-electron chi connectivity index (χ1n) is 4.38. The van der Waals surface area contributed by atoms with Crippen LogP contribution in [-0.4, -0.2) is 23.7 Å². The summed E-state index contributed by atoms with van der Waals surface area (Å²) in [5, 5.41) is 11.4. The van der Waals surface area contributed by atoms with E-state index in [2.05, 4.69) is 5.32 Å². The molecule has 0 aliphatic carbocycles. The number of aliphatic hydroxyl groups is 1. The smallest absolute Gasteiger partial charge is 0.287 e. The number of nitrogens with two attached hydrogens (primary N) is 1. The van der Waals surface area contributed by atoms with Gasteiger partial charge in [0.1, 0.15) is 5.76 Å². The van der Waals surface area contributed by atoms with E-state index in [9.17, 15) is 4.79 Å². The van der Waals surface area contributed by atoms with Crippen LogP contribution in [0, 0.1) is 0 Å². The molecule has 78 valence electrons. The van der Waals surface area contributed by atoms with Gasteiger partial charge in [0.25, 0.3) is 5.91 Å². The molecule has 5 nitrogen and oxygen atoms in total. The van der Waals surface area contributed by atoms with Gasteiger partial charge in [0.2, 0.25) is 0 Å². The standard InChI is InChI=1S/C9H14N2O3/c1-6(12)5-11-9(13)8-3-2-7(4-10)14-8/h2-3,6,12H,4-5,10H2,1H3,(H,11,13)/t6-/m0/s1. The maximum absolute atomic E-state index is 11.3. The lowest BCUT2D eigenvalue weighted by atomic mass is 10.3. The first-order valence-corrected chi connectivity index (χ1v) is 4.38. The van der Waals surface area contributed by atoms with Gasteiger partial charge in [-0.05, 0) is 19.1 Å². The van der Waals surface area contributed by atoms with Crippen LogP contribution in [-0.2, 0) is 6.54 Å². The van der Waals surface area contributed by atoms with Crippen LogP contribution in [0.25, 0.3) is 0 Å². The van der Waals surface area contributed by atoms with Gasteiger partial charge in [-0.15, -0.1) is 0 Å². The summed E-state index contributed by atoms with van der Waals surface area (Å²) in [6, 6.07) is 3.21. The van der Waals surface area contributed by atoms with E-state index in [0.29, 0.717) is 5.76 Å². The van der Waals surface area contributed by atoms with E-state index < -0.39 is 6.10 Å². The first-order chi connectivity index (χ1) is 6.63. The number of nitrogens with one attached hydrogen (secondary N) is 1.